The van der Waals surface area contributed by atoms with E-state index < -0.39 is 0 Å². The van der Waals surface area contributed by atoms with E-state index in [9.17, 15) is 4.79 Å². The van der Waals surface area contributed by atoms with Gasteiger partial charge in [0.15, 0.2) is 0 Å². The van der Waals surface area contributed by atoms with Crippen LogP contribution in [0.25, 0.3) is 5.82 Å². The Morgan fingerprint density at radius 2 is 1.82 bits per heavy atom. The van der Waals surface area contributed by atoms with Crippen LogP contribution in [0.3, 0.4) is 0 Å². The predicted molar refractivity (Wildman–Crippen MR) is 89.4 cm³/mol. The molecule has 1 amide bonds. The molecule has 3 rings (SSSR count). The van der Waals surface area contributed by atoms with Crippen LogP contribution in [0.1, 0.15) is 10.4 Å². The number of hydrogen-bond acceptors (Lipinski definition) is 2. The monoisotopic (exact) mass is 358 g/mol. The summed E-state index contributed by atoms with van der Waals surface area (Å²) < 4.78 is 4.56. The SMILES string of the molecule is CN(C(=O)c1cnn(C)c1-n1cccc1)c1ccc(Br)cc1. The summed E-state index contributed by atoms with van der Waals surface area (Å²) in [5, 5.41) is 4.22. The molecule has 22 heavy (non-hydrogen) atoms. The van der Waals surface area contributed by atoms with E-state index in [4.69, 9.17) is 0 Å². The quantitative estimate of drug-likeness (QED) is 0.721. The van der Waals surface area contributed by atoms with Crippen LogP contribution in [0.2, 0.25) is 0 Å². The molecule has 1 aromatic carbocycles. The van der Waals surface area contributed by atoms with E-state index in [-0.39, 0.29) is 5.91 Å². The standard InChI is InChI=1S/C16H15BrN4O/c1-19(13-7-5-12(17)6-8-13)16(22)14-11-18-20(2)15(14)21-9-3-4-10-21/h3-11H,1-2H3. The van der Waals surface area contributed by atoms with E-state index in [2.05, 4.69) is 21.0 Å². The van der Waals surface area contributed by atoms with Crippen molar-refractivity contribution >= 4 is 27.5 Å². The number of hydrogen-bond donors (Lipinski definition) is 0. The van der Waals surface area contributed by atoms with Gasteiger partial charge in [-0.05, 0) is 36.4 Å². The molecule has 0 aliphatic carbocycles. The predicted octanol–water partition coefficient (Wildman–Crippen LogP) is 3.25. The Balaban J connectivity index is 1.98. The molecule has 0 fully saturated rings. The summed E-state index contributed by atoms with van der Waals surface area (Å²) in [6.45, 7) is 0. The number of carbonyl (C=O) groups excluding carboxylic acids is 1. The molecule has 2 aromatic heterocycles. The molecule has 3 aromatic rings. The lowest BCUT2D eigenvalue weighted by Crippen LogP contribution is -2.27. The average Bonchev–Trinajstić information content (AvgIpc) is 3.15. The van der Waals surface area contributed by atoms with Crippen molar-refractivity contribution < 1.29 is 4.79 Å². The zero-order valence-electron chi connectivity index (χ0n) is 12.3. The third-order valence-corrected chi connectivity index (χ3v) is 4.03. The smallest absolute Gasteiger partial charge is 0.263 e. The van der Waals surface area contributed by atoms with Crippen molar-refractivity contribution in [2.24, 2.45) is 7.05 Å². The van der Waals surface area contributed by atoms with E-state index in [1.165, 1.54) is 0 Å². The van der Waals surface area contributed by atoms with E-state index >= 15 is 0 Å². The van der Waals surface area contributed by atoms with E-state index in [0.717, 1.165) is 16.0 Å². The van der Waals surface area contributed by atoms with Crippen LogP contribution in [0, 0.1) is 0 Å². The van der Waals surface area contributed by atoms with Gasteiger partial charge in [0.25, 0.3) is 5.91 Å². The lowest BCUT2D eigenvalue weighted by molar-refractivity contribution is 0.0993. The Morgan fingerprint density at radius 1 is 1.18 bits per heavy atom. The second-order valence-electron chi connectivity index (χ2n) is 4.94. The van der Waals surface area contributed by atoms with Crippen LogP contribution in [0.15, 0.2) is 59.5 Å². The van der Waals surface area contributed by atoms with Crippen molar-refractivity contribution in [3.63, 3.8) is 0 Å². The van der Waals surface area contributed by atoms with Crippen molar-refractivity contribution in [3.05, 3.63) is 65.0 Å². The van der Waals surface area contributed by atoms with Gasteiger partial charge in [-0.15, -0.1) is 0 Å². The van der Waals surface area contributed by atoms with E-state index in [1.807, 2.05) is 60.4 Å². The number of benzene rings is 1. The maximum absolute atomic E-state index is 12.8. The van der Waals surface area contributed by atoms with Crippen molar-refractivity contribution in [3.8, 4) is 5.82 Å². The molecule has 0 aliphatic rings. The maximum atomic E-state index is 12.8. The maximum Gasteiger partial charge on any atom is 0.263 e. The van der Waals surface area contributed by atoms with Gasteiger partial charge in [-0.2, -0.15) is 5.10 Å². The lowest BCUT2D eigenvalue weighted by Gasteiger charge is -2.18. The number of nitrogens with zero attached hydrogens (tertiary/aromatic N) is 4. The van der Waals surface area contributed by atoms with Crippen molar-refractivity contribution in [2.75, 3.05) is 11.9 Å². The summed E-state index contributed by atoms with van der Waals surface area (Å²) in [5.74, 6) is 0.651. The number of aryl methyl sites for hydroxylation is 1. The normalized spacial score (nSPS) is 10.7. The summed E-state index contributed by atoms with van der Waals surface area (Å²) in [4.78, 5) is 14.4. The molecule has 0 saturated heterocycles. The topological polar surface area (TPSA) is 43.1 Å². The fourth-order valence-electron chi connectivity index (χ4n) is 2.33. The van der Waals surface area contributed by atoms with Gasteiger partial charge in [0.1, 0.15) is 11.4 Å². The Bertz CT molecular complexity index is 790. The van der Waals surface area contributed by atoms with Crippen molar-refractivity contribution in [1.82, 2.24) is 14.3 Å². The molecule has 0 saturated carbocycles. The average molecular weight is 359 g/mol. The number of halogens is 1. The minimum atomic E-state index is -0.0980. The van der Waals surface area contributed by atoms with Crippen LogP contribution in [0.5, 0.6) is 0 Å². The highest BCUT2D eigenvalue weighted by Gasteiger charge is 2.21. The van der Waals surface area contributed by atoms with Crippen LogP contribution < -0.4 is 4.90 Å². The van der Waals surface area contributed by atoms with Crippen LogP contribution >= 0.6 is 15.9 Å². The molecule has 0 aliphatic heterocycles. The minimum Gasteiger partial charge on any atom is -0.311 e. The zero-order chi connectivity index (χ0) is 15.7. The molecular weight excluding hydrogens is 344 g/mol. The van der Waals surface area contributed by atoms with Crippen LogP contribution in [0.4, 0.5) is 5.69 Å². The third kappa shape index (κ3) is 2.57. The summed E-state index contributed by atoms with van der Waals surface area (Å²) in [6, 6.07) is 11.4. The number of amides is 1. The molecule has 2 heterocycles. The van der Waals surface area contributed by atoms with Gasteiger partial charge in [0.2, 0.25) is 0 Å². The second kappa shape index (κ2) is 5.81. The van der Waals surface area contributed by atoms with Gasteiger partial charge < -0.3 is 9.47 Å². The molecule has 0 bridgehead atoms. The Morgan fingerprint density at radius 3 is 2.45 bits per heavy atom. The molecular formula is C16H15BrN4O. The molecule has 0 radical (unpaired) electrons. The summed E-state index contributed by atoms with van der Waals surface area (Å²) >= 11 is 3.40. The summed E-state index contributed by atoms with van der Waals surface area (Å²) in [7, 11) is 3.59. The first-order valence-electron chi connectivity index (χ1n) is 6.77. The van der Waals surface area contributed by atoms with Crippen molar-refractivity contribution in [1.29, 1.82) is 0 Å². The molecule has 0 spiro atoms. The Labute approximate surface area is 136 Å². The third-order valence-electron chi connectivity index (χ3n) is 3.51. The van der Waals surface area contributed by atoms with E-state index in [1.54, 1.807) is 22.8 Å². The molecule has 6 heteroatoms. The lowest BCUT2D eigenvalue weighted by atomic mass is 10.2. The van der Waals surface area contributed by atoms with Gasteiger partial charge in [-0.25, -0.2) is 0 Å². The number of rotatable bonds is 3. The van der Waals surface area contributed by atoms with Gasteiger partial charge in [0, 0.05) is 36.6 Å². The summed E-state index contributed by atoms with van der Waals surface area (Å²) in [5.41, 5.74) is 1.39. The first kappa shape index (κ1) is 14.6. The van der Waals surface area contributed by atoms with Crippen molar-refractivity contribution in [2.45, 2.75) is 0 Å². The minimum absolute atomic E-state index is 0.0980. The molecule has 0 unspecified atom stereocenters. The first-order chi connectivity index (χ1) is 10.6. The fourth-order valence-corrected chi connectivity index (χ4v) is 2.59. The Hall–Kier alpha value is -2.34. The fraction of sp³-hybridized carbons (Fsp3) is 0.125. The van der Waals surface area contributed by atoms with Crippen LogP contribution in [-0.2, 0) is 7.05 Å². The number of carbonyl (C=O) groups is 1. The van der Waals surface area contributed by atoms with Crippen LogP contribution in [-0.4, -0.2) is 27.3 Å². The number of aromatic nitrogens is 3. The second-order valence-corrected chi connectivity index (χ2v) is 5.85. The Kier molecular flexibility index (Phi) is 3.85. The van der Waals surface area contributed by atoms with Gasteiger partial charge in [0.05, 0.1) is 6.20 Å². The van der Waals surface area contributed by atoms with Gasteiger partial charge in [-0.1, -0.05) is 15.9 Å². The molecule has 0 N–H and O–H groups in total. The highest BCUT2D eigenvalue weighted by Crippen LogP contribution is 2.21. The molecule has 5 nitrogen and oxygen atoms in total. The van der Waals surface area contributed by atoms with Gasteiger partial charge >= 0.3 is 0 Å². The highest BCUT2D eigenvalue weighted by molar-refractivity contribution is 9.10. The molecule has 0 atom stereocenters. The largest absolute Gasteiger partial charge is 0.311 e. The summed E-state index contributed by atoms with van der Waals surface area (Å²) in [6.07, 6.45) is 5.40. The van der Waals surface area contributed by atoms with E-state index in [0.29, 0.717) is 5.56 Å². The number of anilines is 1. The zero-order valence-corrected chi connectivity index (χ0v) is 13.9. The van der Waals surface area contributed by atoms with Gasteiger partial charge in [-0.3, -0.25) is 9.48 Å². The highest BCUT2D eigenvalue weighted by atomic mass is 79.9. The molecule has 112 valence electrons. The first-order valence-corrected chi connectivity index (χ1v) is 7.56.